The van der Waals surface area contributed by atoms with E-state index in [9.17, 15) is 0 Å². The van der Waals surface area contributed by atoms with Crippen LogP contribution in [0.3, 0.4) is 0 Å². The van der Waals surface area contributed by atoms with E-state index >= 15 is 0 Å². The van der Waals surface area contributed by atoms with Gasteiger partial charge < -0.3 is 27.3 Å². The minimum atomic E-state index is -5.17. The molecule has 0 unspecified atom stereocenters. The Labute approximate surface area is 256 Å². The van der Waals surface area contributed by atoms with Crippen LogP contribution >= 0.6 is 0 Å². The first-order chi connectivity index (χ1) is 6.00. The Balaban J connectivity index is -0.0000000160. The van der Waals surface area contributed by atoms with Crippen LogP contribution in [-0.2, 0) is 48.3 Å². The van der Waals surface area contributed by atoms with Crippen LogP contribution in [0.5, 0.6) is 0 Å². The average molecular weight is 476 g/mol. The molecular formula is CuK2Na2O12S3. The van der Waals surface area contributed by atoms with Gasteiger partial charge in [-0.2, -0.15) is 0 Å². The average Bonchev–Trinajstić information content (AvgIpc) is 1.41. The van der Waals surface area contributed by atoms with Crippen LogP contribution in [0.15, 0.2) is 0 Å². The summed E-state index contributed by atoms with van der Waals surface area (Å²) in [6, 6.07) is 0. The molecule has 0 heterocycles. The zero-order valence-corrected chi connectivity index (χ0v) is 24.1. The van der Waals surface area contributed by atoms with E-state index in [0.29, 0.717) is 0 Å². The van der Waals surface area contributed by atoms with Gasteiger partial charge in [0.2, 0.25) is 0 Å². The van der Waals surface area contributed by atoms with Gasteiger partial charge in [-0.05, 0) is 0 Å². The van der Waals surface area contributed by atoms with Crippen molar-refractivity contribution in [2.45, 2.75) is 0 Å². The molecule has 0 rings (SSSR count). The monoisotopic (exact) mass is 475 g/mol. The summed E-state index contributed by atoms with van der Waals surface area (Å²) in [5.74, 6) is 0. The fraction of sp³-hybridized carbons (Fsp3) is 0. The van der Waals surface area contributed by atoms with Gasteiger partial charge in [-0.15, -0.1) is 0 Å². The van der Waals surface area contributed by atoms with E-state index in [-0.39, 0.29) is 179 Å². The van der Waals surface area contributed by atoms with Crippen molar-refractivity contribution >= 4 is 31.2 Å². The molecule has 20 heteroatoms. The summed E-state index contributed by atoms with van der Waals surface area (Å²) in [7, 11) is -15.5. The third kappa shape index (κ3) is 402. The molecule has 0 aromatic carbocycles. The summed E-state index contributed by atoms with van der Waals surface area (Å²) in [4.78, 5) is 0. The Morgan fingerprint density at radius 2 is 0.450 bits per heavy atom. The van der Waals surface area contributed by atoms with E-state index in [2.05, 4.69) is 0 Å². The Kier molecular flexibility index (Phi) is 60.9. The van der Waals surface area contributed by atoms with E-state index in [0.717, 1.165) is 0 Å². The van der Waals surface area contributed by atoms with Gasteiger partial charge >= 0.3 is 179 Å². The molecule has 12 nitrogen and oxygen atoms in total. The fourth-order valence-corrected chi connectivity index (χ4v) is 0. The van der Waals surface area contributed by atoms with Crippen molar-refractivity contribution < 1.29 is 232 Å². The van der Waals surface area contributed by atoms with Crippen LogP contribution in [0.2, 0.25) is 0 Å². The minimum absolute atomic E-state index is 0. The molecule has 0 bridgehead atoms. The Morgan fingerprint density at radius 1 is 0.450 bits per heavy atom. The van der Waals surface area contributed by atoms with E-state index in [1.807, 2.05) is 0 Å². The van der Waals surface area contributed by atoms with Gasteiger partial charge in [-0.1, -0.05) is 0 Å². The zero-order chi connectivity index (χ0) is 13.5. The molecule has 105 valence electrons. The van der Waals surface area contributed by atoms with Gasteiger partial charge in [-0.3, -0.25) is 25.3 Å². The Bertz CT molecular complexity index is 356. The number of hydrogen-bond acceptors (Lipinski definition) is 12. The fourth-order valence-electron chi connectivity index (χ4n) is 0. The molecule has 0 N–H and O–H groups in total. The first kappa shape index (κ1) is 49.9. The van der Waals surface area contributed by atoms with Crippen molar-refractivity contribution in [2.75, 3.05) is 0 Å². The van der Waals surface area contributed by atoms with Crippen molar-refractivity contribution in [3.8, 4) is 0 Å². The quantitative estimate of drug-likeness (QED) is 0.180. The van der Waals surface area contributed by atoms with E-state index in [4.69, 9.17) is 52.6 Å². The van der Waals surface area contributed by atoms with Crippen LogP contribution in [0.1, 0.15) is 0 Å². The maximum atomic E-state index is 8.52. The molecule has 1 radical (unpaired) electrons. The predicted octanol–water partition coefficient (Wildman–Crippen LogP) is -16.0. The predicted molar refractivity (Wildman–Crippen MR) is 31.4 cm³/mol. The first-order valence-corrected chi connectivity index (χ1v) is 6.00. The molecule has 0 amide bonds. The van der Waals surface area contributed by atoms with E-state index in [1.54, 1.807) is 0 Å². The van der Waals surface area contributed by atoms with Gasteiger partial charge in [-0.25, -0.2) is 0 Å². The van der Waals surface area contributed by atoms with Crippen molar-refractivity contribution in [1.82, 2.24) is 0 Å². The second-order valence-corrected chi connectivity index (χ2v) is 3.67. The zero-order valence-electron chi connectivity index (χ0n) is 10.4. The van der Waals surface area contributed by atoms with Crippen LogP contribution in [0, 0.1) is 0 Å². The van der Waals surface area contributed by atoms with Crippen LogP contribution in [0.4, 0.5) is 0 Å². The third-order valence-corrected chi connectivity index (χ3v) is 0. The second-order valence-electron chi connectivity index (χ2n) is 1.22. The maximum absolute atomic E-state index is 8.52. The molecule has 0 aliphatic rings. The van der Waals surface area contributed by atoms with Crippen molar-refractivity contribution in [2.24, 2.45) is 0 Å². The summed E-state index contributed by atoms with van der Waals surface area (Å²) in [5, 5.41) is 0. The number of hydrogen-bond donors (Lipinski definition) is 0. The summed E-state index contributed by atoms with van der Waals surface area (Å²) < 4.78 is 102. The van der Waals surface area contributed by atoms with E-state index in [1.165, 1.54) is 0 Å². The second kappa shape index (κ2) is 24.4. The molecule has 0 saturated carbocycles. The van der Waals surface area contributed by atoms with Crippen LogP contribution in [-0.4, -0.2) is 52.6 Å². The number of rotatable bonds is 0. The standard InChI is InChI=1S/Cu.2K.2Na.3H2O4S/c;;;;;3*1-5(2,3)4/h;;;;;3*(H2,1,2,3,4)/q+2;4*+1;;;/p-6. The summed E-state index contributed by atoms with van der Waals surface area (Å²) >= 11 is 0. The molecule has 20 heavy (non-hydrogen) atoms. The van der Waals surface area contributed by atoms with Crippen molar-refractivity contribution in [1.29, 1.82) is 0 Å². The Morgan fingerprint density at radius 3 is 0.450 bits per heavy atom. The van der Waals surface area contributed by atoms with Gasteiger partial charge in [0.05, 0.1) is 0 Å². The van der Waals surface area contributed by atoms with Crippen LogP contribution < -0.4 is 162 Å². The Hall–Kier alpha value is 5.40. The summed E-state index contributed by atoms with van der Waals surface area (Å²) in [5.41, 5.74) is 0. The maximum Gasteiger partial charge on any atom is 2.00 e. The summed E-state index contributed by atoms with van der Waals surface area (Å²) in [6.45, 7) is 0. The molecule has 0 atom stereocenters. The third-order valence-electron chi connectivity index (χ3n) is 0. The smallest absolute Gasteiger partial charge is 0.759 e. The molecular weight excluding hydrogens is 476 g/mol. The van der Waals surface area contributed by atoms with Gasteiger partial charge in [0, 0.05) is 31.2 Å². The van der Waals surface area contributed by atoms with Gasteiger partial charge in [0.15, 0.2) is 0 Å². The normalized spacial score (nSPS) is 8.70. The minimum Gasteiger partial charge on any atom is -0.759 e. The topological polar surface area (TPSA) is 241 Å². The van der Waals surface area contributed by atoms with Crippen LogP contribution in [0.25, 0.3) is 0 Å². The van der Waals surface area contributed by atoms with Gasteiger partial charge in [0.1, 0.15) is 0 Å². The largest absolute Gasteiger partial charge is 2.00 e. The van der Waals surface area contributed by atoms with E-state index < -0.39 is 31.2 Å². The first-order valence-electron chi connectivity index (χ1n) is 2.00. The van der Waals surface area contributed by atoms with Gasteiger partial charge in [0.25, 0.3) is 0 Å². The molecule has 0 spiro atoms. The molecule has 0 saturated heterocycles. The van der Waals surface area contributed by atoms with Crippen molar-refractivity contribution in [3.63, 3.8) is 0 Å². The molecule has 0 aliphatic heterocycles. The molecule has 0 aliphatic carbocycles. The van der Waals surface area contributed by atoms with Crippen molar-refractivity contribution in [3.05, 3.63) is 0 Å². The molecule has 0 aromatic rings. The molecule has 0 aromatic heterocycles. The molecule has 0 fully saturated rings. The SMILES string of the molecule is O=S(=O)([O-])[O-].O=S(=O)([O-])[O-].O=S(=O)([O-])[O-].[Cu+2].[K+].[K+].[Na+].[Na+]. The summed E-state index contributed by atoms with van der Waals surface area (Å²) in [6.07, 6.45) is 0.